The Labute approximate surface area is 177 Å². The number of esters is 1. The van der Waals surface area contributed by atoms with Gasteiger partial charge in [0, 0.05) is 15.7 Å². The molecule has 0 aliphatic heterocycles. The summed E-state index contributed by atoms with van der Waals surface area (Å²) < 4.78 is 16.5. The van der Waals surface area contributed by atoms with Crippen LogP contribution in [0.3, 0.4) is 0 Å². The number of methoxy groups -OCH3 is 2. The number of aromatic amines is 1. The van der Waals surface area contributed by atoms with Gasteiger partial charge in [0.2, 0.25) is 5.78 Å². The van der Waals surface area contributed by atoms with Crippen molar-refractivity contribution in [2.24, 2.45) is 0 Å². The van der Waals surface area contributed by atoms with Gasteiger partial charge in [-0.15, -0.1) is 0 Å². The standard InChI is InChI=1S/C21H24BrNO6/c1-10-19(12(3)24)11(2)23-20(10)21(26)13(4)29-18(25)8-14-7-16(27-5)17(28-6)9-15(14)22/h7,9,13,23H,8H2,1-6H3/t13-/m0/s1. The molecule has 1 heterocycles. The third-order valence-corrected chi connectivity index (χ3v) is 5.34. The molecule has 0 saturated carbocycles. The summed E-state index contributed by atoms with van der Waals surface area (Å²) in [6.07, 6.45) is -1.06. The topological polar surface area (TPSA) is 94.7 Å². The number of hydrogen-bond donors (Lipinski definition) is 1. The predicted octanol–water partition coefficient (Wildman–Crippen LogP) is 3.97. The van der Waals surface area contributed by atoms with Crippen molar-refractivity contribution in [3.05, 3.63) is 44.7 Å². The highest BCUT2D eigenvalue weighted by Gasteiger charge is 2.26. The summed E-state index contributed by atoms with van der Waals surface area (Å²) >= 11 is 3.40. The molecule has 7 nitrogen and oxygen atoms in total. The third kappa shape index (κ3) is 4.87. The first-order valence-corrected chi connectivity index (χ1v) is 9.74. The summed E-state index contributed by atoms with van der Waals surface area (Å²) in [5.74, 6) is -0.0710. The SMILES string of the molecule is COc1cc(Br)c(CC(=O)O[C@@H](C)C(=O)c2[nH]c(C)c(C(C)=O)c2C)cc1OC. The van der Waals surface area contributed by atoms with Gasteiger partial charge < -0.3 is 19.2 Å². The molecule has 0 fully saturated rings. The largest absolute Gasteiger partial charge is 0.493 e. The van der Waals surface area contributed by atoms with Crippen LogP contribution in [0.5, 0.6) is 11.5 Å². The van der Waals surface area contributed by atoms with Crippen LogP contribution in [0.4, 0.5) is 0 Å². The molecule has 156 valence electrons. The summed E-state index contributed by atoms with van der Waals surface area (Å²) in [6.45, 7) is 6.38. The van der Waals surface area contributed by atoms with Crippen LogP contribution in [-0.2, 0) is 16.0 Å². The summed E-state index contributed by atoms with van der Waals surface area (Å²) in [5, 5.41) is 0. The molecule has 0 saturated heterocycles. The van der Waals surface area contributed by atoms with Gasteiger partial charge in [-0.3, -0.25) is 14.4 Å². The fourth-order valence-electron chi connectivity index (χ4n) is 3.21. The fourth-order valence-corrected chi connectivity index (χ4v) is 3.67. The molecule has 0 unspecified atom stereocenters. The minimum Gasteiger partial charge on any atom is -0.493 e. The number of aryl methyl sites for hydroxylation is 1. The number of rotatable bonds is 8. The van der Waals surface area contributed by atoms with E-state index in [0.29, 0.717) is 38.4 Å². The number of halogens is 1. The second-order valence-electron chi connectivity index (χ2n) is 6.65. The van der Waals surface area contributed by atoms with E-state index < -0.39 is 17.9 Å². The van der Waals surface area contributed by atoms with Crippen LogP contribution in [0.25, 0.3) is 0 Å². The highest BCUT2D eigenvalue weighted by molar-refractivity contribution is 9.10. The number of nitrogens with one attached hydrogen (secondary N) is 1. The Balaban J connectivity index is 2.15. The Morgan fingerprint density at radius 2 is 1.69 bits per heavy atom. The zero-order chi connectivity index (χ0) is 21.9. The maximum absolute atomic E-state index is 12.7. The lowest BCUT2D eigenvalue weighted by molar-refractivity contribution is -0.145. The van der Waals surface area contributed by atoms with Crippen LogP contribution in [0.2, 0.25) is 0 Å². The monoisotopic (exact) mass is 465 g/mol. The summed E-state index contributed by atoms with van der Waals surface area (Å²) in [4.78, 5) is 39.8. The third-order valence-electron chi connectivity index (χ3n) is 4.60. The number of Topliss-reactive ketones (excluding diaryl/α,β-unsaturated/α-hetero) is 2. The van der Waals surface area contributed by atoms with Crippen LogP contribution in [0, 0.1) is 13.8 Å². The predicted molar refractivity (Wildman–Crippen MR) is 111 cm³/mol. The molecule has 2 aromatic rings. The van der Waals surface area contributed by atoms with Gasteiger partial charge in [0.1, 0.15) is 0 Å². The summed E-state index contributed by atoms with van der Waals surface area (Å²) in [7, 11) is 3.03. The van der Waals surface area contributed by atoms with Crippen molar-refractivity contribution in [1.29, 1.82) is 0 Å². The lowest BCUT2D eigenvalue weighted by Crippen LogP contribution is -2.26. The second kappa shape index (κ2) is 9.26. The van der Waals surface area contributed by atoms with E-state index in [4.69, 9.17) is 14.2 Å². The van der Waals surface area contributed by atoms with Crippen LogP contribution in [0.15, 0.2) is 16.6 Å². The van der Waals surface area contributed by atoms with E-state index in [1.54, 1.807) is 26.0 Å². The van der Waals surface area contributed by atoms with Gasteiger partial charge in [-0.05, 0) is 51.0 Å². The van der Waals surface area contributed by atoms with Crippen molar-refractivity contribution < 1.29 is 28.6 Å². The summed E-state index contributed by atoms with van der Waals surface area (Å²) in [6, 6.07) is 3.37. The van der Waals surface area contributed by atoms with Gasteiger partial charge in [-0.25, -0.2) is 0 Å². The molecule has 0 amide bonds. The van der Waals surface area contributed by atoms with Crippen LogP contribution in [0.1, 0.15) is 51.5 Å². The molecule has 0 aliphatic rings. The number of ether oxygens (including phenoxy) is 3. The minimum atomic E-state index is -1.00. The van der Waals surface area contributed by atoms with Crippen LogP contribution < -0.4 is 9.47 Å². The van der Waals surface area contributed by atoms with Gasteiger partial charge in [-0.1, -0.05) is 15.9 Å². The van der Waals surface area contributed by atoms with E-state index in [9.17, 15) is 14.4 Å². The maximum Gasteiger partial charge on any atom is 0.311 e. The fraction of sp³-hybridized carbons (Fsp3) is 0.381. The average molecular weight is 466 g/mol. The van der Waals surface area contributed by atoms with Crippen molar-refractivity contribution in [3.63, 3.8) is 0 Å². The first-order chi connectivity index (χ1) is 13.6. The van der Waals surface area contributed by atoms with Gasteiger partial charge >= 0.3 is 5.97 Å². The molecular weight excluding hydrogens is 442 g/mol. The van der Waals surface area contributed by atoms with Crippen molar-refractivity contribution in [3.8, 4) is 11.5 Å². The van der Waals surface area contributed by atoms with E-state index in [0.717, 1.165) is 0 Å². The van der Waals surface area contributed by atoms with E-state index in [-0.39, 0.29) is 17.9 Å². The van der Waals surface area contributed by atoms with Gasteiger partial charge in [0.25, 0.3) is 0 Å². The lowest BCUT2D eigenvalue weighted by Gasteiger charge is -2.14. The van der Waals surface area contributed by atoms with Crippen LogP contribution in [-0.4, -0.2) is 42.8 Å². The number of ketones is 2. The van der Waals surface area contributed by atoms with E-state index in [2.05, 4.69) is 20.9 Å². The Morgan fingerprint density at radius 3 is 2.21 bits per heavy atom. The van der Waals surface area contributed by atoms with Crippen molar-refractivity contribution in [1.82, 2.24) is 4.98 Å². The van der Waals surface area contributed by atoms with Crippen molar-refractivity contribution >= 4 is 33.5 Å². The molecular formula is C21H24BrNO6. The van der Waals surface area contributed by atoms with Gasteiger partial charge in [0.05, 0.1) is 26.3 Å². The molecule has 1 aromatic carbocycles. The molecule has 0 bridgehead atoms. The highest BCUT2D eigenvalue weighted by atomic mass is 79.9. The zero-order valence-corrected chi connectivity index (χ0v) is 18.9. The number of benzene rings is 1. The Hall–Kier alpha value is -2.61. The van der Waals surface area contributed by atoms with Crippen molar-refractivity contribution in [2.75, 3.05) is 14.2 Å². The number of aromatic nitrogens is 1. The van der Waals surface area contributed by atoms with Crippen LogP contribution >= 0.6 is 15.9 Å². The van der Waals surface area contributed by atoms with Crippen molar-refractivity contribution in [2.45, 2.75) is 40.2 Å². The number of carbonyl (C=O) groups excluding carboxylic acids is 3. The molecule has 1 aromatic heterocycles. The van der Waals surface area contributed by atoms with Gasteiger partial charge in [-0.2, -0.15) is 0 Å². The van der Waals surface area contributed by atoms with Gasteiger partial charge in [0.15, 0.2) is 23.4 Å². The molecule has 29 heavy (non-hydrogen) atoms. The molecule has 0 aliphatic carbocycles. The molecule has 8 heteroatoms. The molecule has 0 spiro atoms. The number of H-pyrrole nitrogens is 1. The zero-order valence-electron chi connectivity index (χ0n) is 17.3. The average Bonchev–Trinajstić information content (AvgIpc) is 2.96. The molecule has 0 radical (unpaired) electrons. The maximum atomic E-state index is 12.7. The normalized spacial score (nSPS) is 11.7. The highest BCUT2D eigenvalue weighted by Crippen LogP contribution is 2.33. The Bertz CT molecular complexity index is 963. The Kier molecular flexibility index (Phi) is 7.24. The lowest BCUT2D eigenvalue weighted by atomic mass is 10.0. The quantitative estimate of drug-likeness (QED) is 0.468. The molecule has 1 atom stereocenters. The minimum absolute atomic E-state index is 0.0556. The number of hydrogen-bond acceptors (Lipinski definition) is 6. The number of carbonyl (C=O) groups is 3. The van der Waals surface area contributed by atoms with E-state index in [1.165, 1.54) is 28.1 Å². The molecule has 1 N–H and O–H groups in total. The molecule has 2 rings (SSSR count). The van der Waals surface area contributed by atoms with E-state index >= 15 is 0 Å². The first-order valence-electron chi connectivity index (χ1n) is 8.94. The summed E-state index contributed by atoms with van der Waals surface area (Å²) in [5.41, 5.74) is 2.58. The van der Waals surface area contributed by atoms with E-state index in [1.807, 2.05) is 0 Å². The smallest absolute Gasteiger partial charge is 0.311 e. The first kappa shape index (κ1) is 22.7. The second-order valence-corrected chi connectivity index (χ2v) is 7.51. The Morgan fingerprint density at radius 1 is 1.10 bits per heavy atom.